The zero-order valence-corrected chi connectivity index (χ0v) is 11.9. The van der Waals surface area contributed by atoms with Crippen LogP contribution in [0.3, 0.4) is 0 Å². The smallest absolute Gasteiger partial charge is 0.118 e. The van der Waals surface area contributed by atoms with E-state index in [0.717, 1.165) is 0 Å². The fourth-order valence-electron chi connectivity index (χ4n) is 0.344. The van der Waals surface area contributed by atoms with Crippen molar-refractivity contribution in [3.63, 3.8) is 0 Å². The van der Waals surface area contributed by atoms with Gasteiger partial charge in [-0.05, 0) is 0 Å². The second-order valence-electron chi connectivity index (χ2n) is 2.05. The molecule has 2 unspecified atom stereocenters. The van der Waals surface area contributed by atoms with Gasteiger partial charge in [-0.2, -0.15) is 0 Å². The first-order chi connectivity index (χ1) is 5.60. The van der Waals surface area contributed by atoms with E-state index < -0.39 is 8.25 Å². The molecule has 0 N–H and O–H groups in total. The van der Waals surface area contributed by atoms with E-state index in [4.69, 9.17) is 21.9 Å². The lowest BCUT2D eigenvalue weighted by Gasteiger charge is -1.94. The maximum Gasteiger partial charge on any atom is 0.699 e. The maximum absolute atomic E-state index is 10.9. The maximum atomic E-state index is 10.9. The van der Waals surface area contributed by atoms with Crippen molar-refractivity contribution in [2.45, 2.75) is 11.5 Å². The van der Waals surface area contributed by atoms with Crippen molar-refractivity contribution in [2.24, 2.45) is 0 Å². The van der Waals surface area contributed by atoms with Crippen molar-refractivity contribution in [3.8, 4) is 24.7 Å². The van der Waals surface area contributed by atoms with E-state index in [0.29, 0.717) is 20.5 Å². The van der Waals surface area contributed by atoms with Gasteiger partial charge in [0.05, 0.1) is 20.5 Å². The fourth-order valence-corrected chi connectivity index (χ4v) is 2.06. The monoisotopic (exact) mass is 217 g/mol. The highest BCUT2D eigenvalue weighted by Crippen LogP contribution is 2.26. The summed E-state index contributed by atoms with van der Waals surface area (Å²) in [6.07, 6.45) is 10.1. The van der Waals surface area contributed by atoms with Crippen molar-refractivity contribution < 1.29 is 13.6 Å². The van der Waals surface area contributed by atoms with E-state index >= 15 is 0 Å². The quantitative estimate of drug-likeness (QED) is 0.321. The van der Waals surface area contributed by atoms with Crippen LogP contribution in [0.1, 0.15) is 0 Å². The van der Waals surface area contributed by atoms with Gasteiger partial charge in [-0.1, -0.05) is 11.8 Å². The summed E-state index contributed by atoms with van der Waals surface area (Å²) in [5, 5.41) is 0. The molecule has 0 aromatic heterocycles. The Morgan fingerprint density at radius 1 is 1.17 bits per heavy atom. The molecule has 6 heteroatoms. The van der Waals surface area contributed by atoms with Gasteiger partial charge in [0.15, 0.2) is 11.5 Å². The third-order valence-corrected chi connectivity index (χ3v) is 3.87. The van der Waals surface area contributed by atoms with Gasteiger partial charge < -0.3 is 0 Å². The normalized spacial score (nSPS) is 16.0. The Balaban J connectivity index is 3.78. The first-order valence-corrected chi connectivity index (χ1v) is 6.73. The average Bonchev–Trinajstić information content (AvgIpc) is 2.03. The van der Waals surface area contributed by atoms with Crippen LogP contribution in [0.2, 0.25) is 0 Å². The molecule has 64 valence electrons. The van der Waals surface area contributed by atoms with E-state index in [9.17, 15) is 4.57 Å². The highest BCUT2D eigenvalue weighted by Gasteiger charge is 2.25. The Kier molecular flexibility index (Phi) is 5.91. The molecule has 0 fully saturated rings. The zero-order chi connectivity index (χ0) is 9.56. The van der Waals surface area contributed by atoms with Crippen molar-refractivity contribution in [3.05, 3.63) is 0 Å². The molecule has 0 aromatic rings. The summed E-state index contributed by atoms with van der Waals surface area (Å²) in [5.74, 6) is 4.64. The van der Waals surface area contributed by atoms with Gasteiger partial charge in [0, 0.05) is 4.57 Å². The Labute approximate surface area is 79.0 Å². The Morgan fingerprint density at radius 3 is 1.75 bits per heavy atom. The molecule has 0 amide bonds. The summed E-state index contributed by atoms with van der Waals surface area (Å²) in [4.78, 5) is 0. The van der Waals surface area contributed by atoms with Crippen LogP contribution < -0.4 is 0 Å². The molecule has 0 aliphatic rings. The van der Waals surface area contributed by atoms with E-state index in [2.05, 4.69) is 11.8 Å². The van der Waals surface area contributed by atoms with Crippen LogP contribution in [0.25, 0.3) is 0 Å². The summed E-state index contributed by atoms with van der Waals surface area (Å²) in [7, 11) is -0.882. The molecule has 0 rings (SSSR count). The summed E-state index contributed by atoms with van der Waals surface area (Å²) in [6.45, 7) is 0. The third kappa shape index (κ3) is 5.25. The van der Waals surface area contributed by atoms with Gasteiger partial charge in [-0.3, -0.25) is 0 Å². The van der Waals surface area contributed by atoms with Crippen LogP contribution in [0.4, 0.5) is 0 Å². The number of terminal acetylenes is 2. The van der Waals surface area contributed by atoms with E-state index in [-0.39, 0.29) is 11.5 Å². The van der Waals surface area contributed by atoms with Crippen LogP contribution in [-0.2, 0) is 13.6 Å². The molecular weight excluding hydrogens is 207 g/mol. The van der Waals surface area contributed by atoms with Gasteiger partial charge in [-0.25, -0.2) is 0 Å². The van der Waals surface area contributed by atoms with Crippen LogP contribution in [0.15, 0.2) is 0 Å². The molecule has 0 spiro atoms. The Hall–Kier alpha value is -0.426. The highest BCUT2D eigenvalue weighted by molar-refractivity contribution is 7.33. The first kappa shape index (κ1) is 11.6. The van der Waals surface area contributed by atoms with Crippen LogP contribution in [-0.4, -0.2) is 31.9 Å². The lowest BCUT2D eigenvalue weighted by Crippen LogP contribution is -2.09. The van der Waals surface area contributed by atoms with Gasteiger partial charge >= 0.3 is 8.25 Å². The van der Waals surface area contributed by atoms with Crippen LogP contribution in [0, 0.1) is 24.7 Å². The zero-order valence-electron chi connectivity index (χ0n) is 6.98. The second kappa shape index (κ2) is 6.13. The highest BCUT2D eigenvalue weighted by atomic mass is 31.1. The van der Waals surface area contributed by atoms with E-state index in [1.165, 1.54) is 0 Å². The van der Waals surface area contributed by atoms with Gasteiger partial charge in [0.1, 0.15) is 0 Å². The largest absolute Gasteiger partial charge is 0.699 e. The molecule has 0 aromatic carbocycles. The molecule has 12 heavy (non-hydrogen) atoms. The van der Waals surface area contributed by atoms with E-state index in [1.807, 2.05) is 0 Å². The predicted octanol–water partition coefficient (Wildman–Crippen LogP) is -1.67. The lowest BCUT2D eigenvalue weighted by atomic mass is 10.8. The Morgan fingerprint density at radius 2 is 1.50 bits per heavy atom. The average molecular weight is 217 g/mol. The Bertz CT molecular complexity index is 218. The molecule has 0 saturated carbocycles. The van der Waals surface area contributed by atoms with Crippen LogP contribution >= 0.6 is 8.25 Å². The molecular formula is C6H10O3PSi2+. The molecule has 0 radical (unpaired) electrons. The van der Waals surface area contributed by atoms with Gasteiger partial charge in [-0.15, -0.1) is 21.9 Å². The number of rotatable bonds is 4. The molecule has 3 nitrogen and oxygen atoms in total. The summed E-state index contributed by atoms with van der Waals surface area (Å²) < 4.78 is 20.6. The van der Waals surface area contributed by atoms with Crippen LogP contribution in [0.5, 0.6) is 0 Å². The first-order valence-electron chi connectivity index (χ1n) is 3.33. The fraction of sp³-hybridized carbons (Fsp3) is 0.333. The topological polar surface area (TPSA) is 35.5 Å². The molecule has 0 aliphatic carbocycles. The van der Waals surface area contributed by atoms with Gasteiger partial charge in [0.2, 0.25) is 0 Å². The minimum atomic E-state index is -2.14. The second-order valence-corrected chi connectivity index (χ2v) is 5.02. The third-order valence-electron chi connectivity index (χ3n) is 0.958. The van der Waals surface area contributed by atoms with Crippen molar-refractivity contribution >= 4 is 28.7 Å². The van der Waals surface area contributed by atoms with Gasteiger partial charge in [0.25, 0.3) is 0 Å². The minimum absolute atomic E-state index is 0.375. The van der Waals surface area contributed by atoms with Crippen molar-refractivity contribution in [2.75, 3.05) is 0 Å². The minimum Gasteiger partial charge on any atom is -0.118 e. The lowest BCUT2D eigenvalue weighted by molar-refractivity contribution is 0.236. The standard InChI is InChI=1S/C6H10O3PSi2/c1-3-5(11)8-10(7)9-6(12)4-2/h1-2,5-6H,11-12H3/q+1. The molecule has 0 aliphatic heterocycles. The summed E-state index contributed by atoms with van der Waals surface area (Å²) in [5.41, 5.74) is -0.750. The predicted molar refractivity (Wildman–Crippen MR) is 54.9 cm³/mol. The van der Waals surface area contributed by atoms with Crippen molar-refractivity contribution in [1.82, 2.24) is 0 Å². The molecule has 0 heterocycles. The van der Waals surface area contributed by atoms with E-state index in [1.54, 1.807) is 0 Å². The summed E-state index contributed by atoms with van der Waals surface area (Å²) in [6, 6.07) is 0. The SMILES string of the molecule is C#CC([SiH3])O[P+](=O)OC([SiH3])C#C. The molecule has 2 atom stereocenters. The molecule has 0 bridgehead atoms. The molecule has 0 saturated heterocycles. The summed E-state index contributed by atoms with van der Waals surface area (Å²) >= 11 is 0. The van der Waals surface area contributed by atoms with Crippen molar-refractivity contribution in [1.29, 1.82) is 0 Å². The number of hydrogen-bond acceptors (Lipinski definition) is 3. The number of hydrogen-bond donors (Lipinski definition) is 0.